The first-order valence-electron chi connectivity index (χ1n) is 11.2. The van der Waals surface area contributed by atoms with Gasteiger partial charge in [0, 0.05) is 34.1 Å². The summed E-state index contributed by atoms with van der Waals surface area (Å²) in [6.45, 7) is 2.46. The third-order valence-corrected chi connectivity index (χ3v) is 5.99. The lowest BCUT2D eigenvalue weighted by Gasteiger charge is -2.03. The maximum Gasteiger partial charge on any atom is 0.491 e. The summed E-state index contributed by atoms with van der Waals surface area (Å²) in [6, 6.07) is 5.96. The zero-order chi connectivity index (χ0) is 28.6. The van der Waals surface area contributed by atoms with Crippen LogP contribution in [-0.4, -0.2) is 59.6 Å². The molecule has 0 aliphatic carbocycles. The van der Waals surface area contributed by atoms with E-state index in [9.17, 15) is 29.2 Å². The van der Waals surface area contributed by atoms with Crippen molar-refractivity contribution in [2.45, 2.75) is 33.0 Å². The topological polar surface area (TPSA) is 211 Å². The molecule has 0 saturated carbocycles. The number of rotatable bonds is 6. The number of amides is 3. The number of aliphatic carboxylic acids is 1. The number of fused-ring (bicyclic) bond motifs is 2. The first-order chi connectivity index (χ1) is 17.8. The third kappa shape index (κ3) is 8.45. The summed E-state index contributed by atoms with van der Waals surface area (Å²) in [5.74, 6) is -2.15. The summed E-state index contributed by atoms with van der Waals surface area (Å²) in [7, 11) is -2.02. The highest BCUT2D eigenvalue weighted by Gasteiger charge is 2.31. The Kier molecular flexibility index (Phi) is 11.6. The number of benzene rings is 2. The second-order valence-electron chi connectivity index (χ2n) is 7.95. The van der Waals surface area contributed by atoms with Gasteiger partial charge in [0.25, 0.3) is 0 Å². The Bertz CT molecular complexity index is 1160. The van der Waals surface area contributed by atoms with Gasteiger partial charge in [-0.15, -0.1) is 0 Å². The number of carbonyl (C=O) groups excluding carboxylic acids is 3. The number of hydrogen-bond acceptors (Lipinski definition) is 8. The number of nitrogens with one attached hydrogen (secondary N) is 1. The Hall–Kier alpha value is -3.13. The van der Waals surface area contributed by atoms with Crippen molar-refractivity contribution in [1.82, 2.24) is 5.32 Å². The zero-order valence-electron chi connectivity index (χ0n) is 20.2. The molecule has 2 aliphatic rings. The number of halogens is 2. The van der Waals surface area contributed by atoms with Crippen molar-refractivity contribution in [1.29, 1.82) is 0 Å². The molecular formula is C22H25B2Cl2N3O9. The number of carboxylic acids is 1. The molecule has 0 spiro atoms. The van der Waals surface area contributed by atoms with Gasteiger partial charge >= 0.3 is 20.2 Å². The van der Waals surface area contributed by atoms with E-state index in [2.05, 4.69) is 5.32 Å². The van der Waals surface area contributed by atoms with Gasteiger partial charge in [-0.3, -0.25) is 19.2 Å². The van der Waals surface area contributed by atoms with Crippen molar-refractivity contribution in [3.63, 3.8) is 0 Å². The van der Waals surface area contributed by atoms with Gasteiger partial charge in [0.2, 0.25) is 17.7 Å². The van der Waals surface area contributed by atoms with Gasteiger partial charge in [0.1, 0.15) is 0 Å². The van der Waals surface area contributed by atoms with E-state index in [0.29, 0.717) is 38.5 Å². The minimum atomic E-state index is -1.01. The molecule has 16 heteroatoms. The minimum absolute atomic E-state index is 0.00819. The molecule has 0 atom stereocenters. The Morgan fingerprint density at radius 3 is 1.66 bits per heavy atom. The monoisotopic (exact) mass is 567 g/mol. The van der Waals surface area contributed by atoms with Crippen LogP contribution in [0.3, 0.4) is 0 Å². The zero-order valence-corrected chi connectivity index (χ0v) is 21.7. The summed E-state index contributed by atoms with van der Waals surface area (Å²) in [5, 5.41) is 30.1. The van der Waals surface area contributed by atoms with Crippen molar-refractivity contribution in [3.8, 4) is 0 Å². The second kappa shape index (κ2) is 14.1. The van der Waals surface area contributed by atoms with Crippen LogP contribution >= 0.6 is 23.2 Å². The highest BCUT2D eigenvalue weighted by atomic mass is 35.5. The lowest BCUT2D eigenvalue weighted by Crippen LogP contribution is -2.29. The number of carboxylic acid groups (broad SMARTS) is 1. The van der Waals surface area contributed by atoms with Crippen LogP contribution in [-0.2, 0) is 32.1 Å². The molecule has 3 amide bonds. The largest absolute Gasteiger partial charge is 0.491 e. The van der Waals surface area contributed by atoms with E-state index >= 15 is 0 Å². The first-order valence-corrected chi connectivity index (χ1v) is 11.9. The van der Waals surface area contributed by atoms with Crippen molar-refractivity contribution in [3.05, 3.63) is 56.6 Å². The van der Waals surface area contributed by atoms with Crippen molar-refractivity contribution in [2.24, 2.45) is 11.5 Å². The van der Waals surface area contributed by atoms with Crippen LogP contribution in [0.1, 0.15) is 51.6 Å². The van der Waals surface area contributed by atoms with Crippen LogP contribution in [0.2, 0.25) is 10.0 Å². The Morgan fingerprint density at radius 2 is 1.32 bits per heavy atom. The molecule has 0 saturated heterocycles. The number of nitrogens with two attached hydrogens (primary N) is 2. The quantitative estimate of drug-likeness (QED) is 0.243. The molecule has 0 bridgehead atoms. The Balaban J connectivity index is 0.000000204. The molecule has 202 valence electrons. The minimum Gasteiger partial charge on any atom is -0.481 e. The van der Waals surface area contributed by atoms with Crippen LogP contribution in [0.4, 0.5) is 0 Å². The predicted molar refractivity (Wildman–Crippen MR) is 140 cm³/mol. The summed E-state index contributed by atoms with van der Waals surface area (Å²) in [6.07, 6.45) is 0.394. The van der Waals surface area contributed by atoms with Gasteiger partial charge in [0.05, 0.1) is 19.6 Å². The van der Waals surface area contributed by atoms with Crippen LogP contribution in [0.25, 0.3) is 0 Å². The molecule has 4 rings (SSSR count). The second-order valence-corrected chi connectivity index (χ2v) is 8.77. The van der Waals surface area contributed by atoms with Gasteiger partial charge in [-0.2, -0.15) is 0 Å². The molecule has 8 N–H and O–H groups in total. The molecular weight excluding hydrogens is 543 g/mol. The molecule has 38 heavy (non-hydrogen) atoms. The lowest BCUT2D eigenvalue weighted by atomic mass is 9.78. The fraction of sp³-hybridized carbons (Fsp3) is 0.273. The van der Waals surface area contributed by atoms with E-state index in [1.54, 1.807) is 6.92 Å². The van der Waals surface area contributed by atoms with Gasteiger partial charge in [-0.1, -0.05) is 30.1 Å². The summed E-state index contributed by atoms with van der Waals surface area (Å²) >= 11 is 11.8. The maximum atomic E-state index is 10.9. The summed E-state index contributed by atoms with van der Waals surface area (Å²) in [5.41, 5.74) is 13.2. The van der Waals surface area contributed by atoms with Crippen LogP contribution in [0, 0.1) is 0 Å². The highest BCUT2D eigenvalue weighted by molar-refractivity contribution is 6.62. The van der Waals surface area contributed by atoms with E-state index in [1.165, 1.54) is 24.3 Å². The van der Waals surface area contributed by atoms with Crippen LogP contribution < -0.4 is 27.7 Å². The van der Waals surface area contributed by atoms with E-state index in [0.717, 1.165) is 0 Å². The van der Waals surface area contributed by atoms with E-state index < -0.39 is 32.0 Å². The van der Waals surface area contributed by atoms with Gasteiger partial charge < -0.3 is 41.2 Å². The van der Waals surface area contributed by atoms with Gasteiger partial charge in [0.15, 0.2) is 0 Å². The van der Waals surface area contributed by atoms with Crippen molar-refractivity contribution >= 4 is 72.1 Å². The SMILES string of the molecule is CCC(=O)NCCC(=O)O.NC(=O)c1cc(Cl)c2c(c1)B(O)OC2.NC(=O)c1cc(Cl)c2c(c1)B(O)OC2. The smallest absolute Gasteiger partial charge is 0.481 e. The number of hydrogen-bond donors (Lipinski definition) is 6. The van der Waals surface area contributed by atoms with Gasteiger partial charge in [-0.05, 0) is 46.3 Å². The molecule has 0 radical (unpaired) electrons. The van der Waals surface area contributed by atoms with Gasteiger partial charge in [-0.25, -0.2) is 0 Å². The molecule has 2 heterocycles. The molecule has 0 unspecified atom stereocenters. The Morgan fingerprint density at radius 1 is 0.895 bits per heavy atom. The molecule has 2 aromatic carbocycles. The third-order valence-electron chi connectivity index (χ3n) is 5.31. The van der Waals surface area contributed by atoms with E-state index in [1.807, 2.05) is 0 Å². The molecule has 0 aromatic heterocycles. The molecule has 12 nitrogen and oxygen atoms in total. The van der Waals surface area contributed by atoms with E-state index in [4.69, 9.17) is 49.1 Å². The number of carbonyl (C=O) groups is 4. The summed E-state index contributed by atoms with van der Waals surface area (Å²) in [4.78, 5) is 42.2. The normalized spacial score (nSPS) is 12.9. The fourth-order valence-electron chi connectivity index (χ4n) is 3.28. The fourth-order valence-corrected chi connectivity index (χ4v) is 3.85. The maximum absolute atomic E-state index is 10.9. The average Bonchev–Trinajstić information content (AvgIpc) is 3.42. The molecule has 2 aromatic rings. The molecule has 2 aliphatic heterocycles. The average molecular weight is 568 g/mol. The van der Waals surface area contributed by atoms with E-state index in [-0.39, 0.29) is 43.2 Å². The highest BCUT2D eigenvalue weighted by Crippen LogP contribution is 2.22. The first kappa shape index (κ1) is 31.1. The lowest BCUT2D eigenvalue weighted by molar-refractivity contribution is -0.136. The van der Waals surface area contributed by atoms with Crippen LogP contribution in [0.5, 0.6) is 0 Å². The standard InChI is InChI=1S/2C8H7BClNO3.C6H11NO3/c2*10-7-2-4(8(11)12)1-6-5(7)3-14-9(6)13;1-2-5(8)7-4-3-6(9)10/h2*1-2,13H,3H2,(H2,11,12);2-4H2,1H3,(H,7,8)(H,9,10). The number of primary amides is 2. The Labute approximate surface area is 228 Å². The van der Waals surface area contributed by atoms with Crippen molar-refractivity contribution < 1.29 is 43.6 Å². The molecule has 0 fully saturated rings. The predicted octanol–water partition coefficient (Wildman–Crippen LogP) is -0.699. The summed E-state index contributed by atoms with van der Waals surface area (Å²) < 4.78 is 9.92. The van der Waals surface area contributed by atoms with Crippen LogP contribution in [0.15, 0.2) is 24.3 Å². The van der Waals surface area contributed by atoms with Crippen molar-refractivity contribution in [2.75, 3.05) is 6.54 Å².